The maximum atomic E-state index is 13.3. The standard InChI is InChI=1S/C23H18ClFN6O3/c1-13(32)16-5-2-14(3-6-16)10-27-22(34)20-9-19(30-23-28-12-29-31(20)23)21(33)26-11-15-4-7-18(25)17(24)8-15/h2-9,12H,10-11H2,1H3,(H,26,33)(H,27,34). The topological polar surface area (TPSA) is 118 Å². The molecule has 0 fully saturated rings. The van der Waals surface area contributed by atoms with E-state index >= 15 is 0 Å². The molecular weight excluding hydrogens is 463 g/mol. The fourth-order valence-electron chi connectivity index (χ4n) is 3.14. The smallest absolute Gasteiger partial charge is 0.270 e. The minimum atomic E-state index is -0.556. The Morgan fingerprint density at radius 3 is 2.35 bits per heavy atom. The molecule has 0 atom stereocenters. The Labute approximate surface area is 198 Å². The highest BCUT2D eigenvalue weighted by Gasteiger charge is 2.18. The summed E-state index contributed by atoms with van der Waals surface area (Å²) in [6, 6.07) is 12.3. The lowest BCUT2D eigenvalue weighted by Gasteiger charge is -2.10. The molecule has 2 aromatic heterocycles. The monoisotopic (exact) mass is 480 g/mol. The number of carbonyl (C=O) groups excluding carboxylic acids is 3. The summed E-state index contributed by atoms with van der Waals surface area (Å²) >= 11 is 5.77. The Hall–Kier alpha value is -4.18. The minimum absolute atomic E-state index is 0.0373. The maximum absolute atomic E-state index is 13.3. The average molecular weight is 481 g/mol. The Balaban J connectivity index is 1.49. The summed E-state index contributed by atoms with van der Waals surface area (Å²) in [6.07, 6.45) is 1.22. The predicted molar refractivity (Wildman–Crippen MR) is 121 cm³/mol. The molecule has 0 aliphatic heterocycles. The molecule has 4 aromatic rings. The van der Waals surface area contributed by atoms with E-state index in [-0.39, 0.29) is 41.1 Å². The molecule has 0 aliphatic rings. The molecule has 34 heavy (non-hydrogen) atoms. The Kier molecular flexibility index (Phi) is 6.60. The highest BCUT2D eigenvalue weighted by atomic mass is 35.5. The number of halogens is 2. The fourth-order valence-corrected chi connectivity index (χ4v) is 3.35. The fraction of sp³-hybridized carbons (Fsp3) is 0.130. The van der Waals surface area contributed by atoms with Gasteiger partial charge in [0.1, 0.15) is 23.5 Å². The van der Waals surface area contributed by atoms with Crippen molar-refractivity contribution >= 4 is 35.0 Å². The zero-order chi connectivity index (χ0) is 24.2. The van der Waals surface area contributed by atoms with Gasteiger partial charge in [-0.25, -0.2) is 9.37 Å². The normalized spacial score (nSPS) is 10.8. The molecule has 4 rings (SSSR count). The third-order valence-corrected chi connectivity index (χ3v) is 5.26. The molecule has 0 spiro atoms. The number of rotatable bonds is 7. The van der Waals surface area contributed by atoms with Crippen molar-refractivity contribution in [2.75, 3.05) is 0 Å². The number of nitrogens with one attached hydrogen (secondary N) is 2. The lowest BCUT2D eigenvalue weighted by molar-refractivity contribution is 0.0940. The van der Waals surface area contributed by atoms with Crippen LogP contribution in [0.25, 0.3) is 5.78 Å². The van der Waals surface area contributed by atoms with Crippen molar-refractivity contribution in [3.05, 3.63) is 93.8 Å². The molecule has 9 nitrogen and oxygen atoms in total. The number of nitrogens with zero attached hydrogens (tertiary/aromatic N) is 4. The summed E-state index contributed by atoms with van der Waals surface area (Å²) in [7, 11) is 0. The van der Waals surface area contributed by atoms with Crippen molar-refractivity contribution in [2.24, 2.45) is 0 Å². The molecular formula is C23H18ClFN6O3. The number of aromatic nitrogens is 4. The molecule has 0 aliphatic carbocycles. The first-order chi connectivity index (χ1) is 16.3. The van der Waals surface area contributed by atoms with Crippen molar-refractivity contribution in [3.8, 4) is 0 Å². The number of ketones is 1. The second-order valence-electron chi connectivity index (χ2n) is 7.37. The van der Waals surface area contributed by atoms with E-state index < -0.39 is 17.6 Å². The van der Waals surface area contributed by atoms with Crippen molar-refractivity contribution < 1.29 is 18.8 Å². The lowest BCUT2D eigenvalue weighted by atomic mass is 10.1. The van der Waals surface area contributed by atoms with Gasteiger partial charge in [-0.05, 0) is 30.2 Å². The van der Waals surface area contributed by atoms with E-state index in [4.69, 9.17) is 11.6 Å². The van der Waals surface area contributed by atoms with Crippen LogP contribution in [0.4, 0.5) is 4.39 Å². The molecule has 2 aromatic carbocycles. The summed E-state index contributed by atoms with van der Waals surface area (Å²) in [6.45, 7) is 1.75. The van der Waals surface area contributed by atoms with Gasteiger partial charge in [-0.15, -0.1) is 0 Å². The van der Waals surface area contributed by atoms with Gasteiger partial charge in [0.2, 0.25) is 0 Å². The molecule has 0 unspecified atom stereocenters. The quantitative estimate of drug-likeness (QED) is 0.392. The molecule has 0 saturated heterocycles. The van der Waals surface area contributed by atoms with Gasteiger partial charge in [0.25, 0.3) is 17.6 Å². The molecule has 172 valence electrons. The summed E-state index contributed by atoms with van der Waals surface area (Å²) in [5.41, 5.74) is 1.99. The summed E-state index contributed by atoms with van der Waals surface area (Å²) in [5.74, 6) is -1.57. The second-order valence-corrected chi connectivity index (χ2v) is 7.77. The first kappa shape index (κ1) is 23.0. The zero-order valence-corrected chi connectivity index (χ0v) is 18.6. The van der Waals surface area contributed by atoms with Crippen molar-refractivity contribution in [3.63, 3.8) is 0 Å². The highest BCUT2D eigenvalue weighted by molar-refractivity contribution is 6.30. The van der Waals surface area contributed by atoms with Crippen LogP contribution in [0.2, 0.25) is 5.02 Å². The number of benzene rings is 2. The Morgan fingerprint density at radius 2 is 1.65 bits per heavy atom. The van der Waals surface area contributed by atoms with Crippen LogP contribution in [0.15, 0.2) is 54.9 Å². The average Bonchev–Trinajstić information content (AvgIpc) is 3.31. The van der Waals surface area contributed by atoms with E-state index in [1.165, 1.54) is 42.0 Å². The number of fused-ring (bicyclic) bond motifs is 1. The van der Waals surface area contributed by atoms with Crippen LogP contribution in [0.3, 0.4) is 0 Å². The highest BCUT2D eigenvalue weighted by Crippen LogP contribution is 2.16. The van der Waals surface area contributed by atoms with Crippen LogP contribution in [-0.2, 0) is 13.1 Å². The first-order valence-corrected chi connectivity index (χ1v) is 10.5. The summed E-state index contributed by atoms with van der Waals surface area (Å²) in [4.78, 5) is 45.1. The Morgan fingerprint density at radius 1 is 0.971 bits per heavy atom. The third kappa shape index (κ3) is 5.07. The van der Waals surface area contributed by atoms with Gasteiger partial charge < -0.3 is 10.6 Å². The van der Waals surface area contributed by atoms with Crippen LogP contribution < -0.4 is 10.6 Å². The van der Waals surface area contributed by atoms with E-state index in [2.05, 4.69) is 25.7 Å². The number of hydrogen-bond acceptors (Lipinski definition) is 6. The molecule has 2 heterocycles. The van der Waals surface area contributed by atoms with Crippen LogP contribution in [-0.4, -0.2) is 37.2 Å². The van der Waals surface area contributed by atoms with Crippen LogP contribution in [0.5, 0.6) is 0 Å². The number of carbonyl (C=O) groups is 3. The molecule has 0 radical (unpaired) electrons. The van der Waals surface area contributed by atoms with Gasteiger partial charge in [0.05, 0.1) is 5.02 Å². The maximum Gasteiger partial charge on any atom is 0.270 e. The van der Waals surface area contributed by atoms with Gasteiger partial charge in [0, 0.05) is 24.7 Å². The molecule has 2 N–H and O–H groups in total. The molecule has 0 saturated carbocycles. The third-order valence-electron chi connectivity index (χ3n) is 4.97. The predicted octanol–water partition coefficient (Wildman–Crippen LogP) is 2.98. The summed E-state index contributed by atoms with van der Waals surface area (Å²) < 4.78 is 14.6. The van der Waals surface area contributed by atoms with Crippen molar-refractivity contribution in [1.82, 2.24) is 30.2 Å². The van der Waals surface area contributed by atoms with Crippen LogP contribution >= 0.6 is 11.6 Å². The SMILES string of the molecule is CC(=O)c1ccc(CNC(=O)c2cc(C(=O)NCc3ccc(F)c(Cl)c3)nc3ncnn23)cc1. The molecule has 0 bridgehead atoms. The largest absolute Gasteiger partial charge is 0.347 e. The van der Waals surface area contributed by atoms with Crippen LogP contribution in [0, 0.1) is 5.82 Å². The first-order valence-electron chi connectivity index (χ1n) is 10.1. The van der Waals surface area contributed by atoms with E-state index in [0.29, 0.717) is 11.1 Å². The molecule has 2 amide bonds. The van der Waals surface area contributed by atoms with Gasteiger partial charge in [0.15, 0.2) is 5.78 Å². The summed E-state index contributed by atoms with van der Waals surface area (Å²) in [5, 5.41) is 9.37. The number of Topliss-reactive ketones (excluding diaryl/α,β-unsaturated/α-hetero) is 1. The van der Waals surface area contributed by atoms with Gasteiger partial charge in [-0.2, -0.15) is 14.6 Å². The van der Waals surface area contributed by atoms with Gasteiger partial charge >= 0.3 is 0 Å². The number of hydrogen-bond donors (Lipinski definition) is 2. The Bertz CT molecular complexity index is 1400. The van der Waals surface area contributed by atoms with Crippen LogP contribution in [0.1, 0.15) is 49.4 Å². The van der Waals surface area contributed by atoms with E-state index in [1.54, 1.807) is 24.3 Å². The lowest BCUT2D eigenvalue weighted by Crippen LogP contribution is -2.28. The van der Waals surface area contributed by atoms with E-state index in [1.807, 2.05) is 0 Å². The molecule has 11 heteroatoms. The van der Waals surface area contributed by atoms with E-state index in [0.717, 1.165) is 5.56 Å². The second kappa shape index (κ2) is 9.75. The van der Waals surface area contributed by atoms with Crippen molar-refractivity contribution in [2.45, 2.75) is 20.0 Å². The van der Waals surface area contributed by atoms with E-state index in [9.17, 15) is 18.8 Å². The van der Waals surface area contributed by atoms with Gasteiger partial charge in [-0.3, -0.25) is 14.4 Å². The van der Waals surface area contributed by atoms with Crippen molar-refractivity contribution in [1.29, 1.82) is 0 Å². The number of amides is 2. The zero-order valence-electron chi connectivity index (χ0n) is 17.9. The van der Waals surface area contributed by atoms with Gasteiger partial charge in [-0.1, -0.05) is 41.9 Å². The minimum Gasteiger partial charge on any atom is -0.347 e.